The van der Waals surface area contributed by atoms with Crippen LogP contribution in [0.25, 0.3) is 0 Å². The Kier molecular flexibility index (Phi) is 3.90. The van der Waals surface area contributed by atoms with Crippen LogP contribution in [0, 0.1) is 5.41 Å². The van der Waals surface area contributed by atoms with Crippen molar-refractivity contribution in [3.63, 3.8) is 0 Å². The van der Waals surface area contributed by atoms with E-state index in [1.54, 1.807) is 0 Å². The molecule has 0 saturated carbocycles. The summed E-state index contributed by atoms with van der Waals surface area (Å²) < 4.78 is 38.5. The van der Waals surface area contributed by atoms with Crippen LogP contribution in [0.3, 0.4) is 0 Å². The van der Waals surface area contributed by atoms with Crippen molar-refractivity contribution < 1.29 is 13.2 Å². The first-order chi connectivity index (χ1) is 7.13. The highest BCUT2D eigenvalue weighted by atomic mass is 19.4. The molecule has 2 nitrogen and oxygen atoms in total. The molecule has 0 aromatic heterocycles. The Bertz CT molecular complexity index is 226. The number of halogens is 3. The molecule has 1 aliphatic rings. The topological polar surface area (TPSA) is 29.3 Å². The van der Waals surface area contributed by atoms with Crippen molar-refractivity contribution in [2.24, 2.45) is 11.1 Å². The third-order valence-electron chi connectivity index (χ3n) is 3.38. The molecule has 2 unspecified atom stereocenters. The molecule has 0 radical (unpaired) electrons. The van der Waals surface area contributed by atoms with Gasteiger partial charge in [-0.2, -0.15) is 13.2 Å². The summed E-state index contributed by atoms with van der Waals surface area (Å²) in [7, 11) is 0. The zero-order valence-corrected chi connectivity index (χ0v) is 10.1. The third-order valence-corrected chi connectivity index (χ3v) is 3.38. The van der Waals surface area contributed by atoms with Gasteiger partial charge >= 0.3 is 6.18 Å². The third kappa shape index (κ3) is 3.35. The van der Waals surface area contributed by atoms with E-state index in [0.29, 0.717) is 13.1 Å². The second kappa shape index (κ2) is 4.53. The van der Waals surface area contributed by atoms with Crippen molar-refractivity contribution in [1.29, 1.82) is 0 Å². The molecular formula is C11H21F3N2. The fourth-order valence-electron chi connectivity index (χ4n) is 2.25. The highest BCUT2D eigenvalue weighted by Crippen LogP contribution is 2.34. The quantitative estimate of drug-likeness (QED) is 0.800. The average Bonchev–Trinajstić information content (AvgIpc) is 2.05. The van der Waals surface area contributed by atoms with Crippen LogP contribution in [0.15, 0.2) is 0 Å². The molecule has 0 spiro atoms. The van der Waals surface area contributed by atoms with Crippen LogP contribution in [0.5, 0.6) is 0 Å². The second-order valence-corrected chi connectivity index (χ2v) is 5.55. The molecule has 96 valence electrons. The van der Waals surface area contributed by atoms with E-state index in [0.717, 1.165) is 12.8 Å². The number of hydrogen-bond acceptors (Lipinski definition) is 2. The van der Waals surface area contributed by atoms with Crippen molar-refractivity contribution >= 4 is 0 Å². The maximum Gasteiger partial charge on any atom is 0.405 e. The minimum Gasteiger partial charge on any atom is -0.326 e. The van der Waals surface area contributed by atoms with Crippen LogP contribution < -0.4 is 5.73 Å². The molecule has 0 aromatic carbocycles. The van der Waals surface area contributed by atoms with Crippen molar-refractivity contribution in [2.45, 2.75) is 51.9 Å². The fourth-order valence-corrected chi connectivity index (χ4v) is 2.25. The molecule has 2 atom stereocenters. The van der Waals surface area contributed by atoms with E-state index < -0.39 is 18.3 Å². The van der Waals surface area contributed by atoms with Crippen LogP contribution in [0.4, 0.5) is 13.2 Å². The van der Waals surface area contributed by atoms with Gasteiger partial charge in [0.15, 0.2) is 0 Å². The maximum atomic E-state index is 12.8. The van der Waals surface area contributed by atoms with Crippen molar-refractivity contribution in [1.82, 2.24) is 4.90 Å². The van der Waals surface area contributed by atoms with E-state index in [1.165, 1.54) is 11.8 Å². The highest BCUT2D eigenvalue weighted by molar-refractivity contribution is 4.90. The lowest BCUT2D eigenvalue weighted by Gasteiger charge is -2.42. The van der Waals surface area contributed by atoms with Gasteiger partial charge in [-0.05, 0) is 38.3 Å². The summed E-state index contributed by atoms with van der Waals surface area (Å²) in [5.74, 6) is 0. The zero-order valence-electron chi connectivity index (χ0n) is 10.1. The van der Waals surface area contributed by atoms with Gasteiger partial charge < -0.3 is 5.73 Å². The van der Waals surface area contributed by atoms with E-state index in [4.69, 9.17) is 5.73 Å². The summed E-state index contributed by atoms with van der Waals surface area (Å²) in [4.78, 5) is 1.48. The molecule has 5 heteroatoms. The Morgan fingerprint density at radius 3 is 1.94 bits per heavy atom. The Hall–Kier alpha value is -0.290. The smallest absolute Gasteiger partial charge is 0.326 e. The van der Waals surface area contributed by atoms with E-state index >= 15 is 0 Å². The molecule has 1 saturated heterocycles. The SMILES string of the molecule is CC(N)C(N1CCC(C)(C)CC1)C(F)(F)F. The van der Waals surface area contributed by atoms with Crippen molar-refractivity contribution in [3.05, 3.63) is 0 Å². The Balaban J connectivity index is 2.69. The summed E-state index contributed by atoms with van der Waals surface area (Å²) >= 11 is 0. The molecule has 0 bridgehead atoms. The van der Waals surface area contributed by atoms with Gasteiger partial charge in [0.1, 0.15) is 6.04 Å². The van der Waals surface area contributed by atoms with Crippen LogP contribution >= 0.6 is 0 Å². The first-order valence-corrected chi connectivity index (χ1v) is 5.70. The monoisotopic (exact) mass is 238 g/mol. The van der Waals surface area contributed by atoms with Crippen LogP contribution in [-0.2, 0) is 0 Å². The molecule has 0 aromatic rings. The first kappa shape index (κ1) is 13.8. The number of alkyl halides is 3. The first-order valence-electron chi connectivity index (χ1n) is 5.70. The largest absolute Gasteiger partial charge is 0.405 e. The summed E-state index contributed by atoms with van der Waals surface area (Å²) in [6, 6.07) is -2.37. The molecule has 1 aliphatic heterocycles. The van der Waals surface area contributed by atoms with E-state index in [-0.39, 0.29) is 5.41 Å². The van der Waals surface area contributed by atoms with E-state index in [9.17, 15) is 13.2 Å². The normalized spacial score (nSPS) is 26.4. The van der Waals surface area contributed by atoms with Gasteiger partial charge in [-0.25, -0.2) is 0 Å². The molecule has 1 fully saturated rings. The lowest BCUT2D eigenvalue weighted by molar-refractivity contribution is -0.192. The van der Waals surface area contributed by atoms with Crippen molar-refractivity contribution in [2.75, 3.05) is 13.1 Å². The average molecular weight is 238 g/mol. The van der Waals surface area contributed by atoms with Crippen LogP contribution in [-0.4, -0.2) is 36.2 Å². The number of hydrogen-bond donors (Lipinski definition) is 1. The molecule has 16 heavy (non-hydrogen) atoms. The zero-order chi connectivity index (χ0) is 12.6. The molecule has 0 amide bonds. The summed E-state index contributed by atoms with van der Waals surface area (Å²) in [6.45, 7) is 6.59. The minimum atomic E-state index is -4.23. The van der Waals surface area contributed by atoms with Gasteiger partial charge in [-0.15, -0.1) is 0 Å². The molecule has 2 N–H and O–H groups in total. The van der Waals surface area contributed by atoms with Crippen molar-refractivity contribution in [3.8, 4) is 0 Å². The highest BCUT2D eigenvalue weighted by Gasteiger charge is 2.47. The summed E-state index contributed by atoms with van der Waals surface area (Å²) in [5, 5.41) is 0. The second-order valence-electron chi connectivity index (χ2n) is 5.55. The fraction of sp³-hybridized carbons (Fsp3) is 1.00. The molecule has 0 aliphatic carbocycles. The lowest BCUT2D eigenvalue weighted by Crippen LogP contribution is -2.57. The van der Waals surface area contributed by atoms with Gasteiger partial charge in [-0.1, -0.05) is 13.8 Å². The number of rotatable bonds is 2. The van der Waals surface area contributed by atoms with Gasteiger partial charge in [0, 0.05) is 6.04 Å². The number of piperidine rings is 1. The van der Waals surface area contributed by atoms with E-state index in [1.807, 2.05) is 0 Å². The van der Waals surface area contributed by atoms with Gasteiger partial charge in [0.05, 0.1) is 0 Å². The van der Waals surface area contributed by atoms with Gasteiger partial charge in [-0.3, -0.25) is 4.90 Å². The molecular weight excluding hydrogens is 217 g/mol. The van der Waals surface area contributed by atoms with Gasteiger partial charge in [0.2, 0.25) is 0 Å². The lowest BCUT2D eigenvalue weighted by atomic mass is 9.82. The minimum absolute atomic E-state index is 0.157. The van der Waals surface area contributed by atoms with Gasteiger partial charge in [0.25, 0.3) is 0 Å². The number of nitrogens with zero attached hydrogens (tertiary/aromatic N) is 1. The standard InChI is InChI=1S/C11H21F3N2/c1-8(15)9(11(12,13)14)16-6-4-10(2,3)5-7-16/h8-9H,4-7,15H2,1-3H3. The number of nitrogens with two attached hydrogens (primary N) is 1. The Labute approximate surface area is 95.0 Å². The predicted octanol–water partition coefficient (Wildman–Crippen LogP) is 2.39. The predicted molar refractivity (Wildman–Crippen MR) is 58.1 cm³/mol. The Morgan fingerprint density at radius 1 is 1.19 bits per heavy atom. The van der Waals surface area contributed by atoms with E-state index in [2.05, 4.69) is 13.8 Å². The summed E-state index contributed by atoms with van der Waals surface area (Å²) in [5.41, 5.74) is 5.62. The Morgan fingerprint density at radius 2 is 1.62 bits per heavy atom. The molecule has 1 heterocycles. The van der Waals surface area contributed by atoms with Crippen LogP contribution in [0.2, 0.25) is 0 Å². The summed E-state index contributed by atoms with van der Waals surface area (Å²) in [6.07, 6.45) is -2.63. The number of likely N-dealkylation sites (tertiary alicyclic amines) is 1. The molecule has 1 rings (SSSR count). The van der Waals surface area contributed by atoms with Crippen LogP contribution in [0.1, 0.15) is 33.6 Å². The maximum absolute atomic E-state index is 12.8.